The lowest BCUT2D eigenvalue weighted by Gasteiger charge is -2.08. The Kier molecular flexibility index (Phi) is 4.24. The highest BCUT2D eigenvalue weighted by Gasteiger charge is 2.18. The molecule has 0 aliphatic rings. The van der Waals surface area contributed by atoms with Gasteiger partial charge in [0, 0.05) is 6.07 Å². The van der Waals surface area contributed by atoms with Crippen molar-refractivity contribution in [3.8, 4) is 5.75 Å². The second kappa shape index (κ2) is 6.50. The van der Waals surface area contributed by atoms with Crippen molar-refractivity contribution in [2.45, 2.75) is 13.3 Å². The number of carbonyl (C=O) groups excluding carboxylic acids is 1. The van der Waals surface area contributed by atoms with Gasteiger partial charge in [0.2, 0.25) is 5.75 Å². The molecule has 0 saturated carbocycles. The van der Waals surface area contributed by atoms with Crippen molar-refractivity contribution >= 4 is 22.4 Å². The third-order valence-corrected chi connectivity index (χ3v) is 3.75. The van der Waals surface area contributed by atoms with Crippen LogP contribution in [0, 0.1) is 17.0 Å². The Morgan fingerprint density at radius 2 is 1.83 bits per heavy atom. The summed E-state index contributed by atoms with van der Waals surface area (Å²) < 4.78 is 5.26. The summed E-state index contributed by atoms with van der Waals surface area (Å²) in [6.07, 6.45) is 0.0481. The molecule has 0 N–H and O–H groups in total. The highest BCUT2D eigenvalue weighted by molar-refractivity contribution is 5.89. The van der Waals surface area contributed by atoms with E-state index in [4.69, 9.17) is 4.74 Å². The number of nitro groups is 1. The zero-order valence-electron chi connectivity index (χ0n) is 13.1. The minimum Gasteiger partial charge on any atom is -0.419 e. The molecule has 0 amide bonds. The van der Waals surface area contributed by atoms with Crippen molar-refractivity contribution in [3.05, 3.63) is 81.9 Å². The van der Waals surface area contributed by atoms with Gasteiger partial charge in [-0.1, -0.05) is 48.5 Å². The van der Waals surface area contributed by atoms with Gasteiger partial charge in [-0.15, -0.1) is 0 Å². The van der Waals surface area contributed by atoms with E-state index in [2.05, 4.69) is 0 Å². The van der Waals surface area contributed by atoms with Crippen LogP contribution in [0.5, 0.6) is 5.75 Å². The Morgan fingerprint density at radius 1 is 1.08 bits per heavy atom. The minimum atomic E-state index is -0.556. The Balaban J connectivity index is 1.86. The topological polar surface area (TPSA) is 69.4 Å². The van der Waals surface area contributed by atoms with Crippen LogP contribution < -0.4 is 4.74 Å². The largest absolute Gasteiger partial charge is 0.419 e. The van der Waals surface area contributed by atoms with Crippen molar-refractivity contribution in [1.82, 2.24) is 0 Å². The monoisotopic (exact) mass is 321 g/mol. The summed E-state index contributed by atoms with van der Waals surface area (Å²) >= 11 is 0. The molecule has 3 aromatic rings. The van der Waals surface area contributed by atoms with Gasteiger partial charge in [-0.25, -0.2) is 0 Å². The molecule has 0 heterocycles. The summed E-state index contributed by atoms with van der Waals surface area (Å²) in [5.41, 5.74) is 1.40. The SMILES string of the molecule is Cc1ccc([N+](=O)[O-])c(OC(=O)Cc2cccc3ccccc23)c1. The van der Waals surface area contributed by atoms with Crippen molar-refractivity contribution in [3.63, 3.8) is 0 Å². The van der Waals surface area contributed by atoms with E-state index in [0.717, 1.165) is 21.9 Å². The number of esters is 1. The van der Waals surface area contributed by atoms with Gasteiger partial charge in [-0.3, -0.25) is 14.9 Å². The van der Waals surface area contributed by atoms with E-state index >= 15 is 0 Å². The third-order valence-electron chi connectivity index (χ3n) is 3.75. The van der Waals surface area contributed by atoms with E-state index in [9.17, 15) is 14.9 Å². The van der Waals surface area contributed by atoms with Crippen molar-refractivity contribution in [2.24, 2.45) is 0 Å². The fourth-order valence-corrected chi connectivity index (χ4v) is 2.61. The molecule has 24 heavy (non-hydrogen) atoms. The lowest BCUT2D eigenvalue weighted by Crippen LogP contribution is -2.12. The summed E-state index contributed by atoms with van der Waals surface area (Å²) in [6.45, 7) is 1.78. The minimum absolute atomic E-state index is 0.0229. The van der Waals surface area contributed by atoms with Gasteiger partial charge < -0.3 is 4.74 Å². The van der Waals surface area contributed by atoms with Crippen LogP contribution in [0.15, 0.2) is 60.7 Å². The molecule has 3 aromatic carbocycles. The molecule has 120 valence electrons. The van der Waals surface area contributed by atoms with Crippen LogP contribution in [0.25, 0.3) is 10.8 Å². The Bertz CT molecular complexity index is 928. The zero-order chi connectivity index (χ0) is 17.1. The predicted molar refractivity (Wildman–Crippen MR) is 91.1 cm³/mol. The number of rotatable bonds is 4. The maximum absolute atomic E-state index is 12.3. The predicted octanol–water partition coefficient (Wildman–Crippen LogP) is 4.20. The van der Waals surface area contributed by atoms with E-state index < -0.39 is 10.9 Å². The van der Waals surface area contributed by atoms with Crippen LogP contribution >= 0.6 is 0 Å². The molecule has 3 rings (SSSR count). The number of nitro benzene ring substituents is 1. The van der Waals surface area contributed by atoms with Gasteiger partial charge in [0.05, 0.1) is 11.3 Å². The van der Waals surface area contributed by atoms with Crippen LogP contribution in [-0.4, -0.2) is 10.9 Å². The Morgan fingerprint density at radius 3 is 2.62 bits per heavy atom. The van der Waals surface area contributed by atoms with E-state index in [1.807, 2.05) is 42.5 Å². The van der Waals surface area contributed by atoms with Crippen molar-refractivity contribution in [2.75, 3.05) is 0 Å². The van der Waals surface area contributed by atoms with Crippen LogP contribution in [-0.2, 0) is 11.2 Å². The first kappa shape index (κ1) is 15.7. The van der Waals surface area contributed by atoms with E-state index in [1.165, 1.54) is 12.1 Å². The molecule has 0 spiro atoms. The van der Waals surface area contributed by atoms with E-state index in [-0.39, 0.29) is 17.9 Å². The second-order valence-corrected chi connectivity index (χ2v) is 5.52. The van der Waals surface area contributed by atoms with Gasteiger partial charge in [0.25, 0.3) is 0 Å². The number of ether oxygens (including phenoxy) is 1. The van der Waals surface area contributed by atoms with Crippen LogP contribution in [0.1, 0.15) is 11.1 Å². The summed E-state index contributed by atoms with van der Waals surface area (Å²) in [7, 11) is 0. The molecular formula is C19H15NO4. The van der Waals surface area contributed by atoms with Crippen LogP contribution in [0.4, 0.5) is 5.69 Å². The third kappa shape index (κ3) is 3.25. The Hall–Kier alpha value is -3.21. The molecule has 0 unspecified atom stereocenters. The van der Waals surface area contributed by atoms with E-state index in [0.29, 0.717) is 0 Å². The summed E-state index contributed by atoms with van der Waals surface area (Å²) in [4.78, 5) is 22.8. The fraction of sp³-hybridized carbons (Fsp3) is 0.105. The smallest absolute Gasteiger partial charge is 0.315 e. The molecule has 0 aliphatic heterocycles. The molecule has 0 aromatic heterocycles. The maximum Gasteiger partial charge on any atom is 0.315 e. The molecule has 0 aliphatic carbocycles. The van der Waals surface area contributed by atoms with E-state index in [1.54, 1.807) is 13.0 Å². The van der Waals surface area contributed by atoms with Gasteiger partial charge >= 0.3 is 11.7 Å². The average Bonchev–Trinajstić information content (AvgIpc) is 2.55. The van der Waals surface area contributed by atoms with Gasteiger partial charge in [0.15, 0.2) is 0 Å². The lowest BCUT2D eigenvalue weighted by atomic mass is 10.0. The fourth-order valence-electron chi connectivity index (χ4n) is 2.61. The normalized spacial score (nSPS) is 10.5. The first-order valence-corrected chi connectivity index (χ1v) is 7.47. The number of hydrogen-bond donors (Lipinski definition) is 0. The zero-order valence-corrected chi connectivity index (χ0v) is 13.1. The van der Waals surface area contributed by atoms with Crippen LogP contribution in [0.2, 0.25) is 0 Å². The number of hydrogen-bond acceptors (Lipinski definition) is 4. The van der Waals surface area contributed by atoms with Gasteiger partial charge in [-0.2, -0.15) is 0 Å². The van der Waals surface area contributed by atoms with Crippen molar-refractivity contribution < 1.29 is 14.5 Å². The second-order valence-electron chi connectivity index (χ2n) is 5.52. The molecule has 0 bridgehead atoms. The summed E-state index contributed by atoms with van der Waals surface area (Å²) in [5, 5.41) is 13.1. The standard InChI is InChI=1S/C19H15NO4/c1-13-9-10-17(20(22)23)18(11-13)24-19(21)12-15-7-4-6-14-5-2-3-8-16(14)15/h2-11H,12H2,1H3. The number of benzene rings is 3. The number of fused-ring (bicyclic) bond motifs is 1. The highest BCUT2D eigenvalue weighted by Crippen LogP contribution is 2.28. The number of carbonyl (C=O) groups is 1. The number of nitrogens with zero attached hydrogens (tertiary/aromatic N) is 1. The molecule has 0 saturated heterocycles. The first-order chi connectivity index (χ1) is 11.5. The molecule has 0 fully saturated rings. The summed E-state index contributed by atoms with van der Waals surface area (Å²) in [5.74, 6) is -0.551. The maximum atomic E-state index is 12.3. The van der Waals surface area contributed by atoms with Crippen molar-refractivity contribution in [1.29, 1.82) is 0 Å². The van der Waals surface area contributed by atoms with Gasteiger partial charge in [-0.05, 0) is 34.9 Å². The molecular weight excluding hydrogens is 306 g/mol. The quantitative estimate of drug-likeness (QED) is 0.312. The average molecular weight is 321 g/mol. The van der Waals surface area contributed by atoms with Crippen LogP contribution in [0.3, 0.4) is 0 Å². The Labute approximate surface area is 138 Å². The summed E-state index contributed by atoms with van der Waals surface area (Å²) in [6, 6.07) is 17.9. The highest BCUT2D eigenvalue weighted by atomic mass is 16.6. The molecule has 0 radical (unpaired) electrons. The molecule has 5 nitrogen and oxygen atoms in total. The molecule has 0 atom stereocenters. The first-order valence-electron chi connectivity index (χ1n) is 7.47. The number of aryl methyl sites for hydroxylation is 1. The molecule has 5 heteroatoms. The lowest BCUT2D eigenvalue weighted by molar-refractivity contribution is -0.385. The van der Waals surface area contributed by atoms with Gasteiger partial charge in [0.1, 0.15) is 0 Å².